The molecule has 0 saturated heterocycles. The zero-order valence-electron chi connectivity index (χ0n) is 8.55. The van der Waals surface area contributed by atoms with Gasteiger partial charge in [-0.2, -0.15) is 0 Å². The van der Waals surface area contributed by atoms with E-state index in [0.29, 0.717) is 12.0 Å². The molecule has 2 rings (SSSR count). The predicted molar refractivity (Wildman–Crippen MR) is 53.3 cm³/mol. The lowest BCUT2D eigenvalue weighted by Gasteiger charge is -2.40. The summed E-state index contributed by atoms with van der Waals surface area (Å²) < 4.78 is 0. The van der Waals surface area contributed by atoms with Gasteiger partial charge in [0.2, 0.25) is 0 Å². The number of hydrogen-bond donors (Lipinski definition) is 2. The van der Waals surface area contributed by atoms with E-state index < -0.39 is 5.60 Å². The zero-order valence-corrected chi connectivity index (χ0v) is 8.55. The Morgan fingerprint density at radius 3 is 2.00 bits per heavy atom. The topological polar surface area (TPSA) is 46.2 Å². The van der Waals surface area contributed by atoms with E-state index in [-0.39, 0.29) is 5.92 Å². The highest BCUT2D eigenvalue weighted by molar-refractivity contribution is 5.02. The molecule has 2 aliphatic carbocycles. The van der Waals surface area contributed by atoms with E-state index in [4.69, 9.17) is 5.73 Å². The summed E-state index contributed by atoms with van der Waals surface area (Å²) >= 11 is 0. The van der Waals surface area contributed by atoms with Crippen LogP contribution in [0.25, 0.3) is 0 Å². The quantitative estimate of drug-likeness (QED) is 0.684. The molecule has 2 saturated carbocycles. The van der Waals surface area contributed by atoms with Gasteiger partial charge in [-0.1, -0.05) is 6.92 Å². The van der Waals surface area contributed by atoms with Gasteiger partial charge in [0.1, 0.15) is 0 Å². The molecule has 0 amide bonds. The highest BCUT2D eigenvalue weighted by atomic mass is 16.3. The fourth-order valence-corrected chi connectivity index (χ4v) is 2.60. The summed E-state index contributed by atoms with van der Waals surface area (Å²) in [6.45, 7) is 2.69. The number of rotatable bonds is 2. The van der Waals surface area contributed by atoms with Crippen LogP contribution in [0.4, 0.5) is 0 Å². The lowest BCUT2D eigenvalue weighted by molar-refractivity contribution is -0.0541. The molecule has 0 aromatic heterocycles. The first-order valence-electron chi connectivity index (χ1n) is 5.53. The molecule has 2 heteroatoms. The third kappa shape index (κ3) is 1.62. The van der Waals surface area contributed by atoms with Gasteiger partial charge in [-0.15, -0.1) is 0 Å². The number of nitrogens with two attached hydrogens (primary N) is 1. The average molecular weight is 183 g/mol. The van der Waals surface area contributed by atoms with Crippen molar-refractivity contribution in [3.63, 3.8) is 0 Å². The molecule has 1 spiro atoms. The Hall–Kier alpha value is -0.0800. The van der Waals surface area contributed by atoms with Crippen molar-refractivity contribution in [1.29, 1.82) is 0 Å². The van der Waals surface area contributed by atoms with Gasteiger partial charge >= 0.3 is 0 Å². The minimum Gasteiger partial charge on any atom is -0.390 e. The Kier molecular flexibility index (Phi) is 2.16. The fourth-order valence-electron chi connectivity index (χ4n) is 2.60. The molecule has 0 aliphatic heterocycles. The SMILES string of the molecule is CC(CN)C1(O)CCC2(CC2)CC1. The fraction of sp³-hybridized carbons (Fsp3) is 1.00. The first kappa shape index (κ1) is 9.47. The van der Waals surface area contributed by atoms with Gasteiger partial charge in [0.15, 0.2) is 0 Å². The molecule has 2 aliphatic rings. The van der Waals surface area contributed by atoms with Gasteiger partial charge in [0.25, 0.3) is 0 Å². The maximum atomic E-state index is 10.3. The van der Waals surface area contributed by atoms with Crippen LogP contribution in [0.2, 0.25) is 0 Å². The highest BCUT2D eigenvalue weighted by Crippen LogP contribution is 2.58. The van der Waals surface area contributed by atoms with E-state index in [9.17, 15) is 5.11 Å². The van der Waals surface area contributed by atoms with E-state index in [2.05, 4.69) is 6.92 Å². The summed E-state index contributed by atoms with van der Waals surface area (Å²) in [7, 11) is 0. The van der Waals surface area contributed by atoms with Crippen LogP contribution in [0, 0.1) is 11.3 Å². The molecule has 1 unspecified atom stereocenters. The summed E-state index contributed by atoms with van der Waals surface area (Å²) in [5, 5.41) is 10.3. The first-order chi connectivity index (χ1) is 6.10. The molecule has 13 heavy (non-hydrogen) atoms. The normalized spacial score (nSPS) is 31.6. The molecule has 1 atom stereocenters. The van der Waals surface area contributed by atoms with Gasteiger partial charge in [-0.05, 0) is 56.4 Å². The summed E-state index contributed by atoms with van der Waals surface area (Å²) in [5.74, 6) is 0.267. The van der Waals surface area contributed by atoms with Crippen molar-refractivity contribution in [2.75, 3.05) is 6.54 Å². The van der Waals surface area contributed by atoms with Gasteiger partial charge in [0.05, 0.1) is 5.60 Å². The molecule has 3 N–H and O–H groups in total. The Morgan fingerprint density at radius 1 is 1.15 bits per heavy atom. The van der Waals surface area contributed by atoms with Crippen LogP contribution in [-0.2, 0) is 0 Å². The predicted octanol–water partition coefficient (Wildman–Crippen LogP) is 1.67. The van der Waals surface area contributed by atoms with E-state index in [1.807, 2.05) is 0 Å². The third-order valence-corrected chi connectivity index (χ3v) is 4.40. The summed E-state index contributed by atoms with van der Waals surface area (Å²) in [6, 6.07) is 0. The van der Waals surface area contributed by atoms with Crippen LogP contribution >= 0.6 is 0 Å². The standard InChI is InChI=1S/C11H21NO/c1-9(8-12)11(13)6-4-10(2-3-10)5-7-11/h9,13H,2-8,12H2,1H3. The Morgan fingerprint density at radius 2 is 1.62 bits per heavy atom. The lowest BCUT2D eigenvalue weighted by Crippen LogP contribution is -2.43. The van der Waals surface area contributed by atoms with Gasteiger partial charge < -0.3 is 10.8 Å². The summed E-state index contributed by atoms with van der Waals surface area (Å²) in [5.41, 5.74) is 5.84. The first-order valence-corrected chi connectivity index (χ1v) is 5.53. The molecule has 76 valence electrons. The van der Waals surface area contributed by atoms with Crippen LogP contribution in [0.1, 0.15) is 45.4 Å². The molecular formula is C11H21NO. The van der Waals surface area contributed by atoms with E-state index in [1.54, 1.807) is 0 Å². The minimum atomic E-state index is -0.442. The van der Waals surface area contributed by atoms with Crippen LogP contribution in [0.15, 0.2) is 0 Å². The monoisotopic (exact) mass is 183 g/mol. The smallest absolute Gasteiger partial charge is 0.0685 e. The number of hydrogen-bond acceptors (Lipinski definition) is 2. The summed E-state index contributed by atoms with van der Waals surface area (Å²) in [4.78, 5) is 0. The second-order valence-electron chi connectivity index (χ2n) is 5.24. The second-order valence-corrected chi connectivity index (χ2v) is 5.24. The van der Waals surface area contributed by atoms with Crippen molar-refractivity contribution in [2.45, 2.75) is 51.0 Å². The highest BCUT2D eigenvalue weighted by Gasteiger charge is 2.49. The van der Waals surface area contributed by atoms with Crippen molar-refractivity contribution in [3.05, 3.63) is 0 Å². The Balaban J connectivity index is 1.94. The molecule has 0 radical (unpaired) electrons. The molecule has 0 bridgehead atoms. The Labute approximate surface area is 80.5 Å². The average Bonchev–Trinajstić information content (AvgIpc) is 2.90. The molecule has 2 fully saturated rings. The van der Waals surface area contributed by atoms with Crippen molar-refractivity contribution in [1.82, 2.24) is 0 Å². The van der Waals surface area contributed by atoms with Gasteiger partial charge in [-0.25, -0.2) is 0 Å². The van der Waals surface area contributed by atoms with E-state index in [1.165, 1.54) is 25.7 Å². The van der Waals surface area contributed by atoms with Crippen molar-refractivity contribution in [2.24, 2.45) is 17.1 Å². The summed E-state index contributed by atoms with van der Waals surface area (Å²) in [6.07, 6.45) is 7.22. The van der Waals surface area contributed by atoms with E-state index >= 15 is 0 Å². The van der Waals surface area contributed by atoms with Crippen LogP contribution in [0.5, 0.6) is 0 Å². The Bertz CT molecular complexity index is 188. The second kappa shape index (κ2) is 2.96. The van der Waals surface area contributed by atoms with Crippen molar-refractivity contribution < 1.29 is 5.11 Å². The van der Waals surface area contributed by atoms with E-state index in [0.717, 1.165) is 12.8 Å². The molecule has 0 aromatic carbocycles. The largest absolute Gasteiger partial charge is 0.390 e. The third-order valence-electron chi connectivity index (χ3n) is 4.40. The lowest BCUT2D eigenvalue weighted by atomic mass is 9.71. The van der Waals surface area contributed by atoms with Crippen LogP contribution in [0.3, 0.4) is 0 Å². The van der Waals surface area contributed by atoms with Crippen LogP contribution < -0.4 is 5.73 Å². The number of aliphatic hydroxyl groups is 1. The maximum absolute atomic E-state index is 10.3. The zero-order chi connectivity index (χ0) is 9.53. The minimum absolute atomic E-state index is 0.267. The van der Waals surface area contributed by atoms with Crippen molar-refractivity contribution in [3.8, 4) is 0 Å². The van der Waals surface area contributed by atoms with Crippen molar-refractivity contribution >= 4 is 0 Å². The molecular weight excluding hydrogens is 162 g/mol. The maximum Gasteiger partial charge on any atom is 0.0685 e. The van der Waals surface area contributed by atoms with Gasteiger partial charge in [-0.3, -0.25) is 0 Å². The molecule has 2 nitrogen and oxygen atoms in total. The molecule has 0 heterocycles. The van der Waals surface area contributed by atoms with Crippen LogP contribution in [-0.4, -0.2) is 17.3 Å². The molecule has 0 aromatic rings. The van der Waals surface area contributed by atoms with Gasteiger partial charge in [0, 0.05) is 0 Å².